The molecule has 22 heavy (non-hydrogen) atoms. The Morgan fingerprint density at radius 3 is 2.64 bits per heavy atom. The minimum absolute atomic E-state index is 0.197. The van der Waals surface area contributed by atoms with Gasteiger partial charge >= 0.3 is 0 Å². The fraction of sp³-hybridized carbons (Fsp3) is 0.667. The maximum Gasteiger partial charge on any atom is 0.0793 e. The van der Waals surface area contributed by atoms with Crippen molar-refractivity contribution in [2.45, 2.75) is 51.0 Å². The number of rotatable bonds is 7. The molecule has 1 aliphatic rings. The van der Waals surface area contributed by atoms with Gasteiger partial charge in [0.25, 0.3) is 0 Å². The first-order chi connectivity index (χ1) is 10.6. The minimum atomic E-state index is -0.381. The predicted octanol–water partition coefficient (Wildman–Crippen LogP) is 1.71. The number of hydrogen-bond donors (Lipinski definition) is 2. The molecule has 1 heterocycles. The second kappa shape index (κ2) is 8.63. The van der Waals surface area contributed by atoms with Gasteiger partial charge in [-0.25, -0.2) is 0 Å². The summed E-state index contributed by atoms with van der Waals surface area (Å²) >= 11 is 0. The number of nitrogens with zero attached hydrogens (tertiary/aromatic N) is 2. The highest BCUT2D eigenvalue weighted by Crippen LogP contribution is 2.20. The molecular weight excluding hydrogens is 276 g/mol. The fourth-order valence-electron chi connectivity index (χ4n) is 3.44. The molecule has 2 N–H and O–H groups in total. The van der Waals surface area contributed by atoms with Gasteiger partial charge in [-0.05, 0) is 38.9 Å². The topological polar surface area (TPSA) is 46.9 Å². The van der Waals surface area contributed by atoms with Gasteiger partial charge in [0.05, 0.1) is 12.2 Å². The molecule has 1 aromatic rings. The molecule has 1 saturated heterocycles. The van der Waals surface area contributed by atoms with Crippen LogP contribution < -0.4 is 0 Å². The minimum Gasteiger partial charge on any atom is -0.392 e. The van der Waals surface area contributed by atoms with Crippen molar-refractivity contribution in [2.24, 2.45) is 0 Å². The first kappa shape index (κ1) is 17.4. The molecule has 4 heteroatoms. The van der Waals surface area contributed by atoms with E-state index < -0.39 is 0 Å². The Labute approximate surface area is 134 Å². The molecule has 1 aliphatic heterocycles. The summed E-state index contributed by atoms with van der Waals surface area (Å²) in [6.45, 7) is 4.98. The summed E-state index contributed by atoms with van der Waals surface area (Å²) in [4.78, 5) is 4.41. The average Bonchev–Trinajstić information content (AvgIpc) is 2.48. The standard InChI is InChI=1S/C18H30N2O2/c1-15(21)18-10-6-7-11-20(18)14-17(22)13-19(2)12-16-8-4-3-5-9-16/h3-5,8-9,15,17-18,21-22H,6-7,10-14H2,1-2H3. The predicted molar refractivity (Wildman–Crippen MR) is 89.7 cm³/mol. The normalized spacial score (nSPS) is 22.7. The van der Waals surface area contributed by atoms with Crippen LogP contribution >= 0.6 is 0 Å². The Morgan fingerprint density at radius 2 is 1.95 bits per heavy atom. The smallest absolute Gasteiger partial charge is 0.0793 e. The van der Waals surface area contributed by atoms with Crippen LogP contribution in [0.3, 0.4) is 0 Å². The molecule has 0 aromatic heterocycles. The van der Waals surface area contributed by atoms with E-state index in [1.54, 1.807) is 0 Å². The Morgan fingerprint density at radius 1 is 1.23 bits per heavy atom. The Hall–Kier alpha value is -0.940. The highest BCUT2D eigenvalue weighted by Gasteiger charge is 2.27. The number of hydrogen-bond acceptors (Lipinski definition) is 4. The van der Waals surface area contributed by atoms with Gasteiger partial charge in [0.2, 0.25) is 0 Å². The number of aliphatic hydroxyl groups excluding tert-OH is 2. The molecule has 2 rings (SSSR count). The van der Waals surface area contributed by atoms with Gasteiger partial charge in [0.1, 0.15) is 0 Å². The molecule has 1 aromatic carbocycles. The molecule has 3 atom stereocenters. The Balaban J connectivity index is 1.80. The van der Waals surface area contributed by atoms with E-state index in [9.17, 15) is 10.2 Å². The summed E-state index contributed by atoms with van der Waals surface area (Å²) in [5.41, 5.74) is 1.26. The van der Waals surface area contributed by atoms with E-state index in [0.29, 0.717) is 13.1 Å². The summed E-state index contributed by atoms with van der Waals surface area (Å²) < 4.78 is 0. The van der Waals surface area contributed by atoms with E-state index in [4.69, 9.17) is 0 Å². The van der Waals surface area contributed by atoms with Crippen LogP contribution in [0.2, 0.25) is 0 Å². The lowest BCUT2D eigenvalue weighted by Crippen LogP contribution is -2.50. The third-order valence-corrected chi connectivity index (χ3v) is 4.48. The molecular formula is C18H30N2O2. The SMILES string of the molecule is CC(O)C1CCCCN1CC(O)CN(C)Cc1ccccc1. The average molecular weight is 306 g/mol. The van der Waals surface area contributed by atoms with Gasteiger partial charge in [-0.2, -0.15) is 0 Å². The number of β-amino-alcohol motifs (C(OH)–C–C–N with tert-alkyl or cyclic N) is 1. The van der Waals surface area contributed by atoms with Crippen LogP contribution in [-0.2, 0) is 6.54 Å². The van der Waals surface area contributed by atoms with Crippen LogP contribution in [0.15, 0.2) is 30.3 Å². The maximum atomic E-state index is 10.4. The second-order valence-corrected chi connectivity index (χ2v) is 6.63. The number of piperidine rings is 1. The number of benzene rings is 1. The number of aliphatic hydroxyl groups is 2. The van der Waals surface area contributed by atoms with Gasteiger partial charge in [0.15, 0.2) is 0 Å². The van der Waals surface area contributed by atoms with Crippen LogP contribution in [0.5, 0.6) is 0 Å². The first-order valence-corrected chi connectivity index (χ1v) is 8.39. The molecule has 0 aliphatic carbocycles. The summed E-state index contributed by atoms with van der Waals surface area (Å²) in [7, 11) is 2.04. The van der Waals surface area contributed by atoms with Crippen LogP contribution in [0.25, 0.3) is 0 Å². The second-order valence-electron chi connectivity index (χ2n) is 6.63. The Bertz CT molecular complexity index is 424. The van der Waals surface area contributed by atoms with E-state index in [1.807, 2.05) is 32.2 Å². The fourth-order valence-corrected chi connectivity index (χ4v) is 3.44. The lowest BCUT2D eigenvalue weighted by Gasteiger charge is -2.39. The van der Waals surface area contributed by atoms with Crippen molar-refractivity contribution in [1.82, 2.24) is 9.80 Å². The molecule has 3 unspecified atom stereocenters. The van der Waals surface area contributed by atoms with Gasteiger partial charge in [-0.3, -0.25) is 9.80 Å². The van der Waals surface area contributed by atoms with Crippen molar-refractivity contribution in [2.75, 3.05) is 26.7 Å². The van der Waals surface area contributed by atoms with Crippen molar-refractivity contribution < 1.29 is 10.2 Å². The van der Waals surface area contributed by atoms with Gasteiger partial charge in [0, 0.05) is 25.7 Å². The summed E-state index contributed by atoms with van der Waals surface area (Å²) in [6.07, 6.45) is 2.67. The first-order valence-electron chi connectivity index (χ1n) is 8.39. The van der Waals surface area contributed by atoms with Crippen LogP contribution in [0.1, 0.15) is 31.7 Å². The molecule has 0 saturated carbocycles. The molecule has 0 radical (unpaired) electrons. The highest BCUT2D eigenvalue weighted by molar-refractivity contribution is 5.14. The zero-order chi connectivity index (χ0) is 15.9. The van der Waals surface area contributed by atoms with E-state index in [1.165, 1.54) is 12.0 Å². The molecule has 0 spiro atoms. The van der Waals surface area contributed by atoms with E-state index in [-0.39, 0.29) is 18.2 Å². The third kappa shape index (κ3) is 5.36. The highest BCUT2D eigenvalue weighted by atomic mass is 16.3. The van der Waals surface area contributed by atoms with E-state index >= 15 is 0 Å². The van der Waals surface area contributed by atoms with Crippen molar-refractivity contribution in [1.29, 1.82) is 0 Å². The van der Waals surface area contributed by atoms with Crippen LogP contribution in [0, 0.1) is 0 Å². The van der Waals surface area contributed by atoms with Crippen LogP contribution in [0.4, 0.5) is 0 Å². The van der Waals surface area contributed by atoms with Gasteiger partial charge < -0.3 is 10.2 Å². The lowest BCUT2D eigenvalue weighted by molar-refractivity contribution is 0.00109. The monoisotopic (exact) mass is 306 g/mol. The van der Waals surface area contributed by atoms with Crippen molar-refractivity contribution in [3.63, 3.8) is 0 Å². The maximum absolute atomic E-state index is 10.4. The number of likely N-dealkylation sites (tertiary alicyclic amines) is 1. The van der Waals surface area contributed by atoms with E-state index in [0.717, 1.165) is 25.9 Å². The van der Waals surface area contributed by atoms with Crippen molar-refractivity contribution in [3.8, 4) is 0 Å². The summed E-state index contributed by atoms with van der Waals surface area (Å²) in [5, 5.41) is 20.3. The summed E-state index contributed by atoms with van der Waals surface area (Å²) in [5.74, 6) is 0. The van der Waals surface area contributed by atoms with Gasteiger partial charge in [-0.1, -0.05) is 36.8 Å². The van der Waals surface area contributed by atoms with E-state index in [2.05, 4.69) is 21.9 Å². The van der Waals surface area contributed by atoms with Gasteiger partial charge in [-0.15, -0.1) is 0 Å². The molecule has 124 valence electrons. The molecule has 1 fully saturated rings. The Kier molecular flexibility index (Phi) is 6.83. The largest absolute Gasteiger partial charge is 0.392 e. The molecule has 0 amide bonds. The molecule has 4 nitrogen and oxygen atoms in total. The summed E-state index contributed by atoms with van der Waals surface area (Å²) in [6, 6.07) is 10.5. The number of likely N-dealkylation sites (N-methyl/N-ethyl adjacent to an activating group) is 1. The lowest BCUT2D eigenvalue weighted by atomic mass is 9.97. The molecule has 0 bridgehead atoms. The van der Waals surface area contributed by atoms with Crippen molar-refractivity contribution >= 4 is 0 Å². The van der Waals surface area contributed by atoms with Crippen LogP contribution in [-0.4, -0.2) is 64.9 Å². The zero-order valence-electron chi connectivity index (χ0n) is 13.9. The third-order valence-electron chi connectivity index (χ3n) is 4.48. The quantitative estimate of drug-likeness (QED) is 0.805. The zero-order valence-corrected chi connectivity index (χ0v) is 13.9. The van der Waals surface area contributed by atoms with Crippen molar-refractivity contribution in [3.05, 3.63) is 35.9 Å².